The van der Waals surface area contributed by atoms with Gasteiger partial charge in [-0.25, -0.2) is 15.0 Å². The van der Waals surface area contributed by atoms with Gasteiger partial charge in [-0.1, -0.05) is 133 Å². The molecule has 0 bridgehead atoms. The van der Waals surface area contributed by atoms with Gasteiger partial charge in [-0.2, -0.15) is 0 Å². The van der Waals surface area contributed by atoms with E-state index in [2.05, 4.69) is 96.0 Å². The molecule has 2 aromatic heterocycles. The summed E-state index contributed by atoms with van der Waals surface area (Å²) >= 11 is 0. The Hall–Kier alpha value is -6.26. The van der Waals surface area contributed by atoms with Crippen molar-refractivity contribution in [2.24, 2.45) is 0 Å². The van der Waals surface area contributed by atoms with Crippen LogP contribution in [0.3, 0.4) is 0 Å². The SMILES string of the molecule is c1ccc(-c2nc(-c3ccc(-c4ccc5ccc6cccc7ccc4c5c67)cc3)nc(-c3ccccc3-c3ccncc3)n2)cc1. The van der Waals surface area contributed by atoms with Gasteiger partial charge in [0.2, 0.25) is 0 Å². The zero-order valence-corrected chi connectivity index (χ0v) is 24.8. The first kappa shape index (κ1) is 26.2. The number of nitrogens with zero attached hydrogens (tertiary/aromatic N) is 4. The molecule has 0 saturated heterocycles. The minimum atomic E-state index is 0.632. The van der Waals surface area contributed by atoms with Crippen molar-refractivity contribution in [2.45, 2.75) is 0 Å². The van der Waals surface area contributed by atoms with E-state index < -0.39 is 0 Å². The van der Waals surface area contributed by atoms with Gasteiger partial charge in [-0.3, -0.25) is 4.98 Å². The molecule has 0 N–H and O–H groups in total. The maximum atomic E-state index is 5.06. The van der Waals surface area contributed by atoms with E-state index in [0.717, 1.165) is 33.4 Å². The summed E-state index contributed by atoms with van der Waals surface area (Å²) in [6.45, 7) is 0. The van der Waals surface area contributed by atoms with Gasteiger partial charge in [0.1, 0.15) is 0 Å². The Kier molecular flexibility index (Phi) is 6.10. The molecule has 0 aliphatic carbocycles. The van der Waals surface area contributed by atoms with Crippen molar-refractivity contribution >= 4 is 32.3 Å². The number of rotatable bonds is 5. The molecule has 4 heteroatoms. The maximum Gasteiger partial charge on any atom is 0.164 e. The summed E-state index contributed by atoms with van der Waals surface area (Å²) < 4.78 is 0. The van der Waals surface area contributed by atoms with Crippen LogP contribution in [0.25, 0.3) is 88.7 Å². The molecule has 0 radical (unpaired) electrons. The molecule has 0 amide bonds. The second kappa shape index (κ2) is 10.7. The highest BCUT2D eigenvalue weighted by Crippen LogP contribution is 2.40. The van der Waals surface area contributed by atoms with Crippen LogP contribution < -0.4 is 0 Å². The van der Waals surface area contributed by atoms with E-state index in [1.54, 1.807) is 0 Å². The first-order valence-electron chi connectivity index (χ1n) is 15.4. The fourth-order valence-corrected chi connectivity index (χ4v) is 6.59. The van der Waals surface area contributed by atoms with E-state index in [-0.39, 0.29) is 0 Å². The molecule has 0 unspecified atom stereocenters. The van der Waals surface area contributed by atoms with E-state index >= 15 is 0 Å². The summed E-state index contributed by atoms with van der Waals surface area (Å²) in [5.41, 5.74) is 7.30. The Balaban J connectivity index is 1.18. The number of benzene rings is 7. The Morgan fingerprint density at radius 3 is 1.59 bits per heavy atom. The zero-order valence-electron chi connectivity index (χ0n) is 24.8. The molecule has 0 aliphatic heterocycles. The van der Waals surface area contributed by atoms with Gasteiger partial charge in [0.25, 0.3) is 0 Å². The molecule has 2 heterocycles. The quantitative estimate of drug-likeness (QED) is 0.188. The van der Waals surface area contributed by atoms with E-state index in [1.165, 1.54) is 37.9 Å². The van der Waals surface area contributed by atoms with Crippen LogP contribution in [0.1, 0.15) is 0 Å². The maximum absolute atomic E-state index is 5.06. The van der Waals surface area contributed by atoms with Gasteiger partial charge in [0.15, 0.2) is 17.5 Å². The molecule has 0 atom stereocenters. The fourth-order valence-electron chi connectivity index (χ4n) is 6.59. The molecular weight excluding hydrogens is 560 g/mol. The third-order valence-corrected chi connectivity index (χ3v) is 8.81. The summed E-state index contributed by atoms with van der Waals surface area (Å²) in [6, 6.07) is 50.9. The van der Waals surface area contributed by atoms with Crippen molar-refractivity contribution in [3.05, 3.63) is 158 Å². The van der Waals surface area contributed by atoms with Gasteiger partial charge in [-0.15, -0.1) is 0 Å². The molecule has 9 aromatic rings. The smallest absolute Gasteiger partial charge is 0.164 e. The summed E-state index contributed by atoms with van der Waals surface area (Å²) in [7, 11) is 0. The van der Waals surface area contributed by atoms with E-state index in [1.807, 2.05) is 67.0 Å². The topological polar surface area (TPSA) is 51.6 Å². The summed E-state index contributed by atoms with van der Waals surface area (Å²) in [4.78, 5) is 19.2. The molecule has 0 fully saturated rings. The molecule has 0 aliphatic rings. The summed E-state index contributed by atoms with van der Waals surface area (Å²) in [6.07, 6.45) is 3.62. The van der Waals surface area contributed by atoms with Crippen molar-refractivity contribution in [1.29, 1.82) is 0 Å². The number of hydrogen-bond acceptors (Lipinski definition) is 4. The van der Waals surface area contributed by atoms with E-state index in [0.29, 0.717) is 17.5 Å². The lowest BCUT2D eigenvalue weighted by Crippen LogP contribution is -2.01. The lowest BCUT2D eigenvalue weighted by atomic mass is 9.90. The minimum absolute atomic E-state index is 0.632. The largest absolute Gasteiger partial charge is 0.265 e. The van der Waals surface area contributed by atoms with E-state index in [4.69, 9.17) is 15.0 Å². The van der Waals surface area contributed by atoms with Gasteiger partial charge >= 0.3 is 0 Å². The lowest BCUT2D eigenvalue weighted by Gasteiger charge is -2.14. The molecule has 0 spiro atoms. The third-order valence-electron chi connectivity index (χ3n) is 8.81. The lowest BCUT2D eigenvalue weighted by molar-refractivity contribution is 1.07. The highest BCUT2D eigenvalue weighted by molar-refractivity contribution is 6.25. The first-order chi connectivity index (χ1) is 22.8. The normalized spacial score (nSPS) is 11.5. The summed E-state index contributed by atoms with van der Waals surface area (Å²) in [5.74, 6) is 1.91. The Labute approximate surface area is 266 Å². The predicted molar refractivity (Wildman–Crippen MR) is 189 cm³/mol. The van der Waals surface area contributed by atoms with E-state index in [9.17, 15) is 0 Å². The van der Waals surface area contributed by atoms with Crippen LogP contribution in [0.15, 0.2) is 158 Å². The average molecular weight is 587 g/mol. The minimum Gasteiger partial charge on any atom is -0.265 e. The van der Waals surface area contributed by atoms with Crippen LogP contribution in [0.2, 0.25) is 0 Å². The number of aromatic nitrogens is 4. The molecule has 9 rings (SSSR count). The molecule has 7 aromatic carbocycles. The van der Waals surface area contributed by atoms with Crippen LogP contribution in [-0.4, -0.2) is 19.9 Å². The van der Waals surface area contributed by atoms with Crippen molar-refractivity contribution in [3.8, 4) is 56.4 Å². The van der Waals surface area contributed by atoms with Gasteiger partial charge in [-0.05, 0) is 66.7 Å². The summed E-state index contributed by atoms with van der Waals surface area (Å²) in [5, 5.41) is 7.71. The fraction of sp³-hybridized carbons (Fsp3) is 0. The van der Waals surface area contributed by atoms with Crippen LogP contribution in [0.5, 0.6) is 0 Å². The third kappa shape index (κ3) is 4.39. The number of hydrogen-bond donors (Lipinski definition) is 0. The molecule has 46 heavy (non-hydrogen) atoms. The zero-order chi connectivity index (χ0) is 30.5. The number of pyridine rings is 1. The van der Waals surface area contributed by atoms with Gasteiger partial charge in [0.05, 0.1) is 0 Å². The first-order valence-corrected chi connectivity index (χ1v) is 15.4. The van der Waals surface area contributed by atoms with Crippen LogP contribution in [-0.2, 0) is 0 Å². The average Bonchev–Trinajstić information content (AvgIpc) is 3.14. The van der Waals surface area contributed by atoms with Crippen molar-refractivity contribution in [2.75, 3.05) is 0 Å². The highest BCUT2D eigenvalue weighted by Gasteiger charge is 2.16. The molecule has 4 nitrogen and oxygen atoms in total. The molecule has 0 saturated carbocycles. The van der Waals surface area contributed by atoms with Crippen LogP contribution >= 0.6 is 0 Å². The molecule has 214 valence electrons. The van der Waals surface area contributed by atoms with Crippen LogP contribution in [0.4, 0.5) is 0 Å². The van der Waals surface area contributed by atoms with Crippen molar-refractivity contribution < 1.29 is 0 Å². The van der Waals surface area contributed by atoms with Crippen LogP contribution in [0, 0.1) is 0 Å². The highest BCUT2D eigenvalue weighted by atomic mass is 15.0. The Bertz CT molecular complexity index is 2490. The molecular formula is C42H26N4. The second-order valence-electron chi connectivity index (χ2n) is 11.5. The van der Waals surface area contributed by atoms with Gasteiger partial charge < -0.3 is 0 Å². The Morgan fingerprint density at radius 1 is 0.304 bits per heavy atom. The monoisotopic (exact) mass is 586 g/mol. The van der Waals surface area contributed by atoms with Crippen molar-refractivity contribution in [3.63, 3.8) is 0 Å². The predicted octanol–water partition coefficient (Wildman–Crippen LogP) is 10.5. The van der Waals surface area contributed by atoms with Gasteiger partial charge in [0, 0.05) is 29.1 Å². The second-order valence-corrected chi connectivity index (χ2v) is 11.5. The van der Waals surface area contributed by atoms with Crippen molar-refractivity contribution in [1.82, 2.24) is 19.9 Å². The standard InChI is InChI=1S/C42H26N4/c1-2-7-32(8-3-1)40-44-41(46-42(45-40)37-12-5-4-11-34(37)28-23-25-43-26-24-28)33-17-13-27(14-18-33)35-21-19-31-16-15-29-9-6-10-30-20-22-36(35)39(31)38(29)30/h1-26H. The Morgan fingerprint density at radius 2 is 0.848 bits per heavy atom.